The fourth-order valence-electron chi connectivity index (χ4n) is 1.55. The quantitative estimate of drug-likeness (QED) is 0.736. The first kappa shape index (κ1) is 9.77. The lowest BCUT2D eigenvalue weighted by molar-refractivity contribution is 0.257. The first-order valence-corrected chi connectivity index (χ1v) is 5.04. The molecule has 0 atom stereocenters. The molecule has 0 fully saturated rings. The molecule has 2 rings (SSSR count). The third kappa shape index (κ3) is 2.84. The van der Waals surface area contributed by atoms with E-state index in [0.29, 0.717) is 0 Å². The van der Waals surface area contributed by atoms with E-state index < -0.39 is 0 Å². The van der Waals surface area contributed by atoms with Gasteiger partial charge in [-0.05, 0) is 24.8 Å². The second-order valence-corrected chi connectivity index (χ2v) is 3.48. The molecule has 0 radical (unpaired) electrons. The van der Waals surface area contributed by atoms with E-state index in [1.165, 1.54) is 5.56 Å². The van der Waals surface area contributed by atoms with E-state index in [1.54, 1.807) is 6.21 Å². The highest BCUT2D eigenvalue weighted by Crippen LogP contribution is 2.06. The molecule has 0 aliphatic carbocycles. The van der Waals surface area contributed by atoms with Crippen molar-refractivity contribution in [1.29, 1.82) is 0 Å². The number of benzene rings is 1. The van der Waals surface area contributed by atoms with Crippen LogP contribution >= 0.6 is 0 Å². The predicted octanol–water partition coefficient (Wildman–Crippen LogP) is 2.65. The van der Waals surface area contributed by atoms with E-state index in [1.807, 2.05) is 18.2 Å². The predicted molar refractivity (Wildman–Crippen MR) is 60.7 cm³/mol. The van der Waals surface area contributed by atoms with Crippen LogP contribution in [0.2, 0.25) is 0 Å². The Balaban J connectivity index is 1.79. The number of urea groups is 1. The van der Waals surface area contributed by atoms with Gasteiger partial charge < -0.3 is 0 Å². The zero-order chi connectivity index (χ0) is 10.5. The van der Waals surface area contributed by atoms with Crippen molar-refractivity contribution in [2.24, 2.45) is 9.98 Å². The van der Waals surface area contributed by atoms with Crippen LogP contribution in [0, 0.1) is 0 Å². The zero-order valence-corrected chi connectivity index (χ0v) is 8.39. The average molecular weight is 200 g/mol. The molecule has 1 aliphatic heterocycles. The normalized spacial score (nSPS) is 14.4. The first-order valence-electron chi connectivity index (χ1n) is 5.04. The fraction of sp³-hybridized carbons (Fsp3) is 0.250. The molecule has 3 heteroatoms. The van der Waals surface area contributed by atoms with Crippen molar-refractivity contribution in [2.45, 2.75) is 19.3 Å². The largest absolute Gasteiger partial charge is 0.367 e. The van der Waals surface area contributed by atoms with Gasteiger partial charge in [-0.15, -0.1) is 0 Å². The Labute approximate surface area is 88.6 Å². The van der Waals surface area contributed by atoms with Gasteiger partial charge in [0.2, 0.25) is 0 Å². The van der Waals surface area contributed by atoms with Crippen LogP contribution in [-0.4, -0.2) is 18.0 Å². The molecule has 0 bridgehead atoms. The highest BCUT2D eigenvalue weighted by molar-refractivity contribution is 6.37. The van der Waals surface area contributed by atoms with Crippen molar-refractivity contribution in [3.05, 3.63) is 35.9 Å². The van der Waals surface area contributed by atoms with Crippen LogP contribution in [0.4, 0.5) is 4.79 Å². The van der Waals surface area contributed by atoms with Gasteiger partial charge >= 0.3 is 6.03 Å². The molecule has 3 nitrogen and oxygen atoms in total. The summed E-state index contributed by atoms with van der Waals surface area (Å²) < 4.78 is 0. The first-order chi connectivity index (χ1) is 7.34. The lowest BCUT2D eigenvalue weighted by Gasteiger charge is -1.99. The van der Waals surface area contributed by atoms with Crippen LogP contribution in [0.5, 0.6) is 0 Å². The van der Waals surface area contributed by atoms with Gasteiger partial charge in [-0.25, -0.2) is 4.79 Å². The number of carbonyl (C=O) groups excluding carboxylic acids is 1. The Hall–Kier alpha value is -1.77. The van der Waals surface area contributed by atoms with Crippen LogP contribution in [0.25, 0.3) is 0 Å². The summed E-state index contributed by atoms with van der Waals surface area (Å²) in [5.41, 5.74) is 2.12. The monoisotopic (exact) mass is 200 g/mol. The molecule has 1 heterocycles. The molecule has 1 aromatic rings. The summed E-state index contributed by atoms with van der Waals surface area (Å²) in [5.74, 6) is 0. The number of rotatable bonds is 4. The maximum atomic E-state index is 10.7. The Morgan fingerprint density at radius 2 is 1.87 bits per heavy atom. The standard InChI is InChI=1S/C12H12N2O/c15-12-13-9-11(14-12)8-4-7-10-5-2-1-3-6-10/h1-3,5-6,9H,4,7-8H2. The molecule has 76 valence electrons. The SMILES string of the molecule is O=C1N=CC(CCCc2ccccc2)=N1. The third-order valence-corrected chi connectivity index (χ3v) is 2.30. The zero-order valence-electron chi connectivity index (χ0n) is 8.39. The van der Waals surface area contributed by atoms with Gasteiger partial charge in [0.1, 0.15) is 0 Å². The maximum Gasteiger partial charge on any atom is 0.367 e. The summed E-state index contributed by atoms with van der Waals surface area (Å²) in [6.07, 6.45) is 4.40. The second-order valence-electron chi connectivity index (χ2n) is 3.48. The van der Waals surface area contributed by atoms with Crippen LogP contribution in [-0.2, 0) is 6.42 Å². The topological polar surface area (TPSA) is 41.8 Å². The van der Waals surface area contributed by atoms with Crippen molar-refractivity contribution < 1.29 is 4.79 Å². The average Bonchev–Trinajstić information content (AvgIpc) is 2.66. The van der Waals surface area contributed by atoms with Crippen molar-refractivity contribution in [3.8, 4) is 0 Å². The van der Waals surface area contributed by atoms with E-state index in [2.05, 4.69) is 22.1 Å². The number of aryl methyl sites for hydroxylation is 1. The van der Waals surface area contributed by atoms with Gasteiger partial charge in [0, 0.05) is 0 Å². The van der Waals surface area contributed by atoms with Crippen LogP contribution in [0.1, 0.15) is 18.4 Å². The summed E-state index contributed by atoms with van der Waals surface area (Å²) in [7, 11) is 0. The molecule has 0 N–H and O–H groups in total. The number of hydrogen-bond acceptors (Lipinski definition) is 1. The number of carbonyl (C=O) groups is 1. The highest BCUT2D eigenvalue weighted by Gasteiger charge is 2.06. The van der Waals surface area contributed by atoms with Gasteiger partial charge in [-0.1, -0.05) is 30.3 Å². The van der Waals surface area contributed by atoms with Gasteiger partial charge in [-0.3, -0.25) is 0 Å². The highest BCUT2D eigenvalue weighted by atomic mass is 16.2. The Bertz CT molecular complexity index is 407. The van der Waals surface area contributed by atoms with Crippen LogP contribution in [0.15, 0.2) is 40.3 Å². The van der Waals surface area contributed by atoms with E-state index in [4.69, 9.17) is 0 Å². The second kappa shape index (κ2) is 4.64. The number of hydrogen-bond donors (Lipinski definition) is 0. The lowest BCUT2D eigenvalue weighted by atomic mass is 10.1. The molecule has 0 saturated heterocycles. The van der Waals surface area contributed by atoms with E-state index >= 15 is 0 Å². The summed E-state index contributed by atoms with van der Waals surface area (Å²) in [5, 5.41) is 0. The molecule has 2 amide bonds. The molecule has 0 saturated carbocycles. The molecular weight excluding hydrogens is 188 g/mol. The van der Waals surface area contributed by atoms with Crippen molar-refractivity contribution >= 4 is 18.0 Å². The van der Waals surface area contributed by atoms with E-state index in [9.17, 15) is 4.79 Å². The maximum absolute atomic E-state index is 10.7. The van der Waals surface area contributed by atoms with Crippen LogP contribution in [0.3, 0.4) is 0 Å². The van der Waals surface area contributed by atoms with Crippen LogP contribution < -0.4 is 0 Å². The van der Waals surface area contributed by atoms with E-state index in [-0.39, 0.29) is 6.03 Å². The molecule has 0 unspecified atom stereocenters. The number of aliphatic imine (C=N–C) groups is 2. The third-order valence-electron chi connectivity index (χ3n) is 2.30. The Morgan fingerprint density at radius 1 is 1.07 bits per heavy atom. The van der Waals surface area contributed by atoms with Gasteiger partial charge in [0.15, 0.2) is 0 Å². The molecular formula is C12H12N2O. The van der Waals surface area contributed by atoms with Crippen molar-refractivity contribution in [3.63, 3.8) is 0 Å². The number of amides is 2. The van der Waals surface area contributed by atoms with E-state index in [0.717, 1.165) is 25.0 Å². The smallest absolute Gasteiger partial charge is 0.244 e. The summed E-state index contributed by atoms with van der Waals surface area (Å²) in [4.78, 5) is 18.1. The molecule has 15 heavy (non-hydrogen) atoms. The molecule has 0 aromatic heterocycles. The minimum Gasteiger partial charge on any atom is -0.244 e. The van der Waals surface area contributed by atoms with Crippen molar-refractivity contribution in [1.82, 2.24) is 0 Å². The minimum atomic E-state index is -0.371. The summed E-state index contributed by atoms with van der Waals surface area (Å²) >= 11 is 0. The lowest BCUT2D eigenvalue weighted by Crippen LogP contribution is -1.97. The van der Waals surface area contributed by atoms with Gasteiger partial charge in [-0.2, -0.15) is 9.98 Å². The molecule has 1 aliphatic rings. The van der Waals surface area contributed by atoms with Gasteiger partial charge in [0.25, 0.3) is 0 Å². The minimum absolute atomic E-state index is 0.371. The summed E-state index contributed by atoms with van der Waals surface area (Å²) in [6, 6.07) is 9.92. The van der Waals surface area contributed by atoms with Crippen molar-refractivity contribution in [2.75, 3.05) is 0 Å². The Kier molecular flexibility index (Phi) is 3.02. The Morgan fingerprint density at radius 3 is 2.53 bits per heavy atom. The molecule has 1 aromatic carbocycles. The summed E-state index contributed by atoms with van der Waals surface area (Å²) in [6.45, 7) is 0. The number of nitrogens with zero attached hydrogens (tertiary/aromatic N) is 2. The molecule has 0 spiro atoms. The fourth-order valence-corrected chi connectivity index (χ4v) is 1.55. The van der Waals surface area contributed by atoms with Gasteiger partial charge in [0.05, 0.1) is 11.9 Å².